The summed E-state index contributed by atoms with van der Waals surface area (Å²) in [4.78, 5) is 5.52. The lowest BCUT2D eigenvalue weighted by Gasteiger charge is -2.23. The van der Waals surface area contributed by atoms with Crippen LogP contribution in [-0.4, -0.2) is 4.98 Å². The molecule has 3 rings (SSSR count). The number of fused-ring (bicyclic) bond motifs is 1. The van der Waals surface area contributed by atoms with E-state index in [9.17, 15) is 0 Å². The highest BCUT2D eigenvalue weighted by Crippen LogP contribution is 2.34. The van der Waals surface area contributed by atoms with Gasteiger partial charge in [-0.05, 0) is 35.6 Å². The van der Waals surface area contributed by atoms with Crippen LogP contribution in [0.5, 0.6) is 0 Å². The van der Waals surface area contributed by atoms with Crippen molar-refractivity contribution in [1.82, 2.24) is 4.98 Å². The summed E-state index contributed by atoms with van der Waals surface area (Å²) < 4.78 is 0. The number of nitrogens with zero attached hydrogens (tertiary/aromatic N) is 1. The van der Waals surface area contributed by atoms with E-state index in [4.69, 9.17) is 5.73 Å². The highest BCUT2D eigenvalue weighted by atomic mass is 32.1. The molecule has 1 unspecified atom stereocenters. The Morgan fingerprint density at radius 2 is 2.00 bits per heavy atom. The van der Waals surface area contributed by atoms with Crippen LogP contribution in [0.3, 0.4) is 0 Å². The number of anilines is 2. The first kappa shape index (κ1) is 13.9. The van der Waals surface area contributed by atoms with Crippen molar-refractivity contribution in [3.63, 3.8) is 0 Å². The Bertz CT molecular complexity index is 735. The van der Waals surface area contributed by atoms with E-state index in [0.29, 0.717) is 12.0 Å². The second kappa shape index (κ2) is 5.74. The maximum atomic E-state index is 6.04. The lowest BCUT2D eigenvalue weighted by Crippen LogP contribution is -2.15. The van der Waals surface area contributed by atoms with E-state index >= 15 is 0 Å². The van der Waals surface area contributed by atoms with Gasteiger partial charge < -0.3 is 11.1 Å². The van der Waals surface area contributed by atoms with Crippen LogP contribution in [0.25, 0.3) is 10.8 Å². The molecule has 0 radical (unpaired) electrons. The van der Waals surface area contributed by atoms with Crippen LogP contribution >= 0.6 is 11.3 Å². The van der Waals surface area contributed by atoms with Gasteiger partial charge >= 0.3 is 0 Å². The number of nitrogens with one attached hydrogen (secondary N) is 1. The number of hydrogen-bond acceptors (Lipinski definition) is 4. The molecule has 0 aliphatic heterocycles. The number of benzene rings is 1. The van der Waals surface area contributed by atoms with Crippen molar-refractivity contribution in [2.45, 2.75) is 19.9 Å². The Hall–Kier alpha value is -2.07. The van der Waals surface area contributed by atoms with Gasteiger partial charge in [0.25, 0.3) is 0 Å². The molecule has 2 aromatic heterocycles. The minimum Gasteiger partial charge on any atom is -0.398 e. The Kier molecular flexibility index (Phi) is 3.80. The number of nitrogen functional groups attached to an aromatic ring is 1. The molecular weight excluding hydrogens is 278 g/mol. The highest BCUT2D eigenvalue weighted by molar-refractivity contribution is 7.10. The van der Waals surface area contributed by atoms with E-state index in [-0.39, 0.29) is 0 Å². The third-order valence-electron chi connectivity index (χ3n) is 3.68. The molecule has 2 heterocycles. The zero-order chi connectivity index (χ0) is 14.8. The first-order valence-electron chi connectivity index (χ1n) is 7.09. The van der Waals surface area contributed by atoms with Crippen molar-refractivity contribution in [3.8, 4) is 0 Å². The van der Waals surface area contributed by atoms with Gasteiger partial charge in [-0.25, -0.2) is 0 Å². The quantitative estimate of drug-likeness (QED) is 0.687. The van der Waals surface area contributed by atoms with Crippen molar-refractivity contribution < 1.29 is 0 Å². The molecule has 3 aromatic rings. The smallest absolute Gasteiger partial charge is 0.0629 e. The summed E-state index contributed by atoms with van der Waals surface area (Å²) in [6.45, 7) is 4.47. The minimum absolute atomic E-state index is 0.296. The first-order chi connectivity index (χ1) is 10.2. The minimum atomic E-state index is 0.296. The molecule has 4 heteroatoms. The zero-order valence-corrected chi connectivity index (χ0v) is 13.0. The predicted molar refractivity (Wildman–Crippen MR) is 91.7 cm³/mol. The summed E-state index contributed by atoms with van der Waals surface area (Å²) in [5, 5.41) is 7.91. The van der Waals surface area contributed by atoms with Gasteiger partial charge in [-0.15, -0.1) is 11.3 Å². The lowest BCUT2D eigenvalue weighted by atomic mass is 10.0. The average molecular weight is 297 g/mol. The fraction of sp³-hybridized carbons (Fsp3) is 0.235. The van der Waals surface area contributed by atoms with Gasteiger partial charge in [-0.2, -0.15) is 0 Å². The molecular formula is C17H19N3S. The van der Waals surface area contributed by atoms with Crippen molar-refractivity contribution in [2.24, 2.45) is 5.92 Å². The predicted octanol–water partition coefficient (Wildman–Crippen LogP) is 4.69. The van der Waals surface area contributed by atoms with Gasteiger partial charge in [0.1, 0.15) is 0 Å². The standard InChI is InChI=1S/C17H19N3S/c1-11(2)17(16-4-3-9-21-16)20-15-6-5-14(18)13-10-19-8-7-12(13)15/h3-11,17,20H,18H2,1-2H3. The molecule has 0 amide bonds. The summed E-state index contributed by atoms with van der Waals surface area (Å²) in [5.74, 6) is 0.498. The molecule has 0 fully saturated rings. The number of thiophene rings is 1. The van der Waals surface area contributed by atoms with E-state index in [1.807, 2.05) is 24.5 Å². The van der Waals surface area contributed by atoms with E-state index in [0.717, 1.165) is 22.1 Å². The van der Waals surface area contributed by atoms with Crippen molar-refractivity contribution in [1.29, 1.82) is 0 Å². The Labute approximate surface area is 128 Å². The number of aromatic nitrogens is 1. The molecule has 0 spiro atoms. The third-order valence-corrected chi connectivity index (χ3v) is 4.63. The maximum Gasteiger partial charge on any atom is 0.0629 e. The van der Waals surface area contributed by atoms with Gasteiger partial charge in [0.15, 0.2) is 0 Å². The second-order valence-corrected chi connectivity index (χ2v) is 6.48. The normalized spacial score (nSPS) is 12.7. The summed E-state index contributed by atoms with van der Waals surface area (Å²) in [6, 6.07) is 10.6. The molecule has 0 bridgehead atoms. The van der Waals surface area contributed by atoms with Crippen LogP contribution in [0.2, 0.25) is 0 Å². The van der Waals surface area contributed by atoms with Crippen LogP contribution in [0.4, 0.5) is 11.4 Å². The highest BCUT2D eigenvalue weighted by Gasteiger charge is 2.17. The van der Waals surface area contributed by atoms with E-state index < -0.39 is 0 Å². The molecule has 3 nitrogen and oxygen atoms in total. The van der Waals surface area contributed by atoms with Gasteiger partial charge in [-0.3, -0.25) is 4.98 Å². The monoisotopic (exact) mass is 297 g/mol. The fourth-order valence-corrected chi connectivity index (χ4v) is 3.49. The SMILES string of the molecule is CC(C)C(Nc1ccc(N)c2cnccc12)c1cccs1. The maximum absolute atomic E-state index is 6.04. The first-order valence-corrected chi connectivity index (χ1v) is 7.97. The summed E-state index contributed by atoms with van der Waals surface area (Å²) in [6.07, 6.45) is 3.63. The molecule has 21 heavy (non-hydrogen) atoms. The molecule has 0 aliphatic carbocycles. The average Bonchev–Trinajstić information content (AvgIpc) is 3.00. The Morgan fingerprint density at radius 3 is 2.71 bits per heavy atom. The molecule has 1 aromatic carbocycles. The number of hydrogen-bond donors (Lipinski definition) is 2. The largest absolute Gasteiger partial charge is 0.398 e. The van der Waals surface area contributed by atoms with Crippen molar-refractivity contribution in [3.05, 3.63) is 53.0 Å². The molecule has 0 saturated heterocycles. The molecule has 0 saturated carbocycles. The van der Waals surface area contributed by atoms with Crippen LogP contribution in [0, 0.1) is 5.92 Å². The number of nitrogens with two attached hydrogens (primary N) is 1. The molecule has 3 N–H and O–H groups in total. The van der Waals surface area contributed by atoms with Crippen LogP contribution < -0.4 is 11.1 Å². The van der Waals surface area contributed by atoms with Crippen LogP contribution in [-0.2, 0) is 0 Å². The van der Waals surface area contributed by atoms with Crippen molar-refractivity contribution >= 4 is 33.5 Å². The zero-order valence-electron chi connectivity index (χ0n) is 12.2. The van der Waals surface area contributed by atoms with E-state index in [1.165, 1.54) is 4.88 Å². The van der Waals surface area contributed by atoms with Gasteiger partial charge in [0.2, 0.25) is 0 Å². The van der Waals surface area contributed by atoms with Gasteiger partial charge in [-0.1, -0.05) is 19.9 Å². The van der Waals surface area contributed by atoms with Crippen molar-refractivity contribution in [2.75, 3.05) is 11.1 Å². The second-order valence-electron chi connectivity index (χ2n) is 5.51. The summed E-state index contributed by atoms with van der Waals surface area (Å²) in [7, 11) is 0. The Balaban J connectivity index is 2.03. The number of pyridine rings is 1. The summed E-state index contributed by atoms with van der Waals surface area (Å²) >= 11 is 1.79. The number of rotatable bonds is 4. The fourth-order valence-electron chi connectivity index (χ4n) is 2.54. The van der Waals surface area contributed by atoms with E-state index in [2.05, 4.69) is 47.7 Å². The van der Waals surface area contributed by atoms with Gasteiger partial charge in [0, 0.05) is 39.4 Å². The molecule has 0 aliphatic rings. The van der Waals surface area contributed by atoms with E-state index in [1.54, 1.807) is 11.3 Å². The molecule has 108 valence electrons. The third kappa shape index (κ3) is 2.72. The topological polar surface area (TPSA) is 50.9 Å². The van der Waals surface area contributed by atoms with Gasteiger partial charge in [0.05, 0.1) is 6.04 Å². The van der Waals surface area contributed by atoms with Crippen LogP contribution in [0.15, 0.2) is 48.1 Å². The molecule has 1 atom stereocenters. The lowest BCUT2D eigenvalue weighted by molar-refractivity contribution is 0.554. The Morgan fingerprint density at radius 1 is 1.14 bits per heavy atom. The summed E-state index contributed by atoms with van der Waals surface area (Å²) in [5.41, 5.74) is 7.91. The van der Waals surface area contributed by atoms with Crippen LogP contribution in [0.1, 0.15) is 24.8 Å².